The van der Waals surface area contributed by atoms with Gasteiger partial charge in [0.1, 0.15) is 0 Å². The summed E-state index contributed by atoms with van der Waals surface area (Å²) in [4.78, 5) is 0. The Labute approximate surface area is 92.1 Å². The van der Waals surface area contributed by atoms with E-state index in [4.69, 9.17) is 5.73 Å². The van der Waals surface area contributed by atoms with Crippen LogP contribution < -0.4 is 5.73 Å². The van der Waals surface area contributed by atoms with E-state index in [-0.39, 0.29) is 6.04 Å². The molecule has 1 aromatic rings. The standard InChI is InChI=1S/C13H21NO/c1-9(2)11-4-6-12(7-5-11)13(15)8-10(3)14/h4-7,9-10,13,15H,8,14H2,1-3H3. The van der Waals surface area contributed by atoms with Crippen LogP contribution in [0.2, 0.25) is 0 Å². The van der Waals surface area contributed by atoms with E-state index in [1.807, 2.05) is 19.1 Å². The molecule has 84 valence electrons. The van der Waals surface area contributed by atoms with Crippen molar-refractivity contribution in [2.45, 2.75) is 45.3 Å². The minimum Gasteiger partial charge on any atom is -0.388 e. The molecule has 0 saturated heterocycles. The number of nitrogens with two attached hydrogens (primary N) is 1. The number of hydrogen-bond donors (Lipinski definition) is 2. The fraction of sp³-hybridized carbons (Fsp3) is 0.538. The van der Waals surface area contributed by atoms with Crippen molar-refractivity contribution in [1.29, 1.82) is 0 Å². The normalized spacial score (nSPS) is 15.3. The lowest BCUT2D eigenvalue weighted by atomic mass is 9.98. The second kappa shape index (κ2) is 5.29. The van der Waals surface area contributed by atoms with Crippen molar-refractivity contribution in [3.05, 3.63) is 35.4 Å². The molecule has 0 heterocycles. The van der Waals surface area contributed by atoms with Gasteiger partial charge in [0.25, 0.3) is 0 Å². The summed E-state index contributed by atoms with van der Waals surface area (Å²) in [7, 11) is 0. The van der Waals surface area contributed by atoms with Gasteiger partial charge in [0.2, 0.25) is 0 Å². The first kappa shape index (κ1) is 12.2. The predicted octanol–water partition coefficient (Wildman–Crippen LogP) is 2.58. The highest BCUT2D eigenvalue weighted by atomic mass is 16.3. The second-order valence-electron chi connectivity index (χ2n) is 4.55. The Morgan fingerprint density at radius 3 is 1.93 bits per heavy atom. The summed E-state index contributed by atoms with van der Waals surface area (Å²) in [6, 6.07) is 8.16. The third-order valence-electron chi connectivity index (χ3n) is 2.58. The molecular formula is C13H21NO. The summed E-state index contributed by atoms with van der Waals surface area (Å²) < 4.78 is 0. The van der Waals surface area contributed by atoms with Gasteiger partial charge in [0.15, 0.2) is 0 Å². The van der Waals surface area contributed by atoms with Gasteiger partial charge in [-0.05, 0) is 30.4 Å². The lowest BCUT2D eigenvalue weighted by Crippen LogP contribution is -2.18. The zero-order valence-corrected chi connectivity index (χ0v) is 9.77. The van der Waals surface area contributed by atoms with Gasteiger partial charge in [-0.1, -0.05) is 38.1 Å². The monoisotopic (exact) mass is 207 g/mol. The van der Waals surface area contributed by atoms with Crippen LogP contribution in [0.25, 0.3) is 0 Å². The number of benzene rings is 1. The molecule has 0 fully saturated rings. The van der Waals surface area contributed by atoms with Crippen LogP contribution in [0.3, 0.4) is 0 Å². The summed E-state index contributed by atoms with van der Waals surface area (Å²) in [6.07, 6.45) is 0.173. The Bertz CT molecular complexity index is 290. The van der Waals surface area contributed by atoms with Crippen LogP contribution in [-0.2, 0) is 0 Å². The third-order valence-corrected chi connectivity index (χ3v) is 2.58. The van der Waals surface area contributed by atoms with Crippen LogP contribution in [0.5, 0.6) is 0 Å². The molecule has 0 aliphatic carbocycles. The minimum absolute atomic E-state index is 0.0322. The minimum atomic E-state index is -0.439. The van der Waals surface area contributed by atoms with Crippen LogP contribution in [-0.4, -0.2) is 11.1 Å². The Hall–Kier alpha value is -0.860. The van der Waals surface area contributed by atoms with Crippen molar-refractivity contribution in [1.82, 2.24) is 0 Å². The molecule has 2 nitrogen and oxygen atoms in total. The summed E-state index contributed by atoms with van der Waals surface area (Å²) in [5.74, 6) is 0.532. The summed E-state index contributed by atoms with van der Waals surface area (Å²) >= 11 is 0. The fourth-order valence-electron chi connectivity index (χ4n) is 1.59. The summed E-state index contributed by atoms with van der Waals surface area (Å²) in [6.45, 7) is 6.23. The van der Waals surface area contributed by atoms with E-state index >= 15 is 0 Å². The SMILES string of the molecule is CC(N)CC(O)c1ccc(C(C)C)cc1. The first-order chi connectivity index (χ1) is 7.00. The van der Waals surface area contributed by atoms with E-state index in [0.29, 0.717) is 12.3 Å². The molecule has 0 radical (unpaired) electrons. The van der Waals surface area contributed by atoms with Crippen molar-refractivity contribution in [3.8, 4) is 0 Å². The molecule has 0 bridgehead atoms. The van der Waals surface area contributed by atoms with E-state index in [0.717, 1.165) is 5.56 Å². The lowest BCUT2D eigenvalue weighted by Gasteiger charge is -2.14. The van der Waals surface area contributed by atoms with Crippen LogP contribution >= 0.6 is 0 Å². The lowest BCUT2D eigenvalue weighted by molar-refractivity contribution is 0.160. The highest BCUT2D eigenvalue weighted by molar-refractivity contribution is 5.26. The first-order valence-electron chi connectivity index (χ1n) is 5.54. The molecule has 1 rings (SSSR count). The Morgan fingerprint density at radius 1 is 1.07 bits per heavy atom. The van der Waals surface area contributed by atoms with Crippen molar-refractivity contribution in [3.63, 3.8) is 0 Å². The molecule has 0 aromatic heterocycles. The van der Waals surface area contributed by atoms with E-state index in [1.54, 1.807) is 0 Å². The number of rotatable bonds is 4. The van der Waals surface area contributed by atoms with Gasteiger partial charge in [-0.15, -0.1) is 0 Å². The molecule has 0 amide bonds. The van der Waals surface area contributed by atoms with E-state index in [2.05, 4.69) is 26.0 Å². The average Bonchev–Trinajstić information content (AvgIpc) is 2.17. The maximum absolute atomic E-state index is 9.84. The van der Waals surface area contributed by atoms with E-state index < -0.39 is 6.10 Å². The molecule has 2 unspecified atom stereocenters. The van der Waals surface area contributed by atoms with Crippen molar-refractivity contribution >= 4 is 0 Å². The topological polar surface area (TPSA) is 46.2 Å². The summed E-state index contributed by atoms with van der Waals surface area (Å²) in [5.41, 5.74) is 7.90. The van der Waals surface area contributed by atoms with Crippen LogP contribution in [0.1, 0.15) is 50.3 Å². The molecular weight excluding hydrogens is 186 g/mol. The molecule has 0 aliphatic rings. The molecule has 15 heavy (non-hydrogen) atoms. The number of aliphatic hydroxyl groups excluding tert-OH is 1. The first-order valence-corrected chi connectivity index (χ1v) is 5.54. The van der Waals surface area contributed by atoms with Crippen molar-refractivity contribution in [2.75, 3.05) is 0 Å². The zero-order valence-electron chi connectivity index (χ0n) is 9.77. The smallest absolute Gasteiger partial charge is 0.0804 e. The van der Waals surface area contributed by atoms with Gasteiger partial charge >= 0.3 is 0 Å². The largest absolute Gasteiger partial charge is 0.388 e. The molecule has 0 saturated carbocycles. The highest BCUT2D eigenvalue weighted by Crippen LogP contribution is 2.21. The van der Waals surface area contributed by atoms with Crippen LogP contribution in [0.15, 0.2) is 24.3 Å². The van der Waals surface area contributed by atoms with Gasteiger partial charge < -0.3 is 10.8 Å². The van der Waals surface area contributed by atoms with Gasteiger partial charge in [-0.2, -0.15) is 0 Å². The maximum Gasteiger partial charge on any atom is 0.0804 e. The number of aliphatic hydroxyl groups is 1. The molecule has 2 atom stereocenters. The van der Waals surface area contributed by atoms with Crippen molar-refractivity contribution < 1.29 is 5.11 Å². The second-order valence-corrected chi connectivity index (χ2v) is 4.55. The van der Waals surface area contributed by atoms with Gasteiger partial charge in [-0.25, -0.2) is 0 Å². The number of hydrogen-bond acceptors (Lipinski definition) is 2. The van der Waals surface area contributed by atoms with Crippen LogP contribution in [0, 0.1) is 0 Å². The molecule has 3 N–H and O–H groups in total. The van der Waals surface area contributed by atoms with Crippen molar-refractivity contribution in [2.24, 2.45) is 5.73 Å². The fourth-order valence-corrected chi connectivity index (χ4v) is 1.59. The van der Waals surface area contributed by atoms with Gasteiger partial charge in [0.05, 0.1) is 6.10 Å². The average molecular weight is 207 g/mol. The Morgan fingerprint density at radius 2 is 1.53 bits per heavy atom. The molecule has 0 spiro atoms. The molecule has 0 aliphatic heterocycles. The molecule has 2 heteroatoms. The predicted molar refractivity (Wildman–Crippen MR) is 63.8 cm³/mol. The highest BCUT2D eigenvalue weighted by Gasteiger charge is 2.09. The Balaban J connectivity index is 2.71. The van der Waals surface area contributed by atoms with Gasteiger partial charge in [-0.3, -0.25) is 0 Å². The third kappa shape index (κ3) is 3.65. The maximum atomic E-state index is 9.84. The van der Waals surface area contributed by atoms with E-state index in [1.165, 1.54) is 5.56 Å². The van der Waals surface area contributed by atoms with Gasteiger partial charge in [0, 0.05) is 6.04 Å². The molecule has 1 aromatic carbocycles. The quantitative estimate of drug-likeness (QED) is 0.797. The Kier molecular flexibility index (Phi) is 4.30. The van der Waals surface area contributed by atoms with E-state index in [9.17, 15) is 5.11 Å². The zero-order chi connectivity index (χ0) is 11.4. The van der Waals surface area contributed by atoms with Crippen LogP contribution in [0.4, 0.5) is 0 Å². The summed E-state index contributed by atoms with van der Waals surface area (Å²) in [5, 5.41) is 9.84.